The zero-order valence-electron chi connectivity index (χ0n) is 17.1. The van der Waals surface area contributed by atoms with Crippen LogP contribution in [0.25, 0.3) is 0 Å². The molecule has 0 spiro atoms. The molecule has 0 heterocycles. The third-order valence-electron chi connectivity index (χ3n) is 4.42. The molecule has 8 nitrogen and oxygen atoms in total. The van der Waals surface area contributed by atoms with Gasteiger partial charge in [0.25, 0.3) is 5.91 Å². The summed E-state index contributed by atoms with van der Waals surface area (Å²) in [4.78, 5) is 36.0. The van der Waals surface area contributed by atoms with E-state index in [-0.39, 0.29) is 6.42 Å². The summed E-state index contributed by atoms with van der Waals surface area (Å²) in [6.45, 7) is 1.87. The van der Waals surface area contributed by atoms with Gasteiger partial charge >= 0.3 is 12.0 Å². The Hall–Kier alpha value is -3.55. The van der Waals surface area contributed by atoms with Gasteiger partial charge in [0.2, 0.25) is 0 Å². The van der Waals surface area contributed by atoms with Crippen LogP contribution in [0.4, 0.5) is 4.79 Å². The lowest BCUT2D eigenvalue weighted by atomic mass is 10.1. The molecule has 0 saturated carbocycles. The van der Waals surface area contributed by atoms with E-state index < -0.39 is 30.1 Å². The minimum Gasteiger partial charge on any atom is -0.497 e. The molecule has 30 heavy (non-hydrogen) atoms. The first kappa shape index (κ1) is 22.7. The second kappa shape index (κ2) is 11.5. The maximum Gasteiger partial charge on any atom is 0.329 e. The normalized spacial score (nSPS) is 12.3. The average Bonchev–Trinajstić information content (AvgIpc) is 2.74. The maximum absolute atomic E-state index is 12.5. The molecule has 0 aromatic heterocycles. The van der Waals surface area contributed by atoms with Gasteiger partial charge in [-0.3, -0.25) is 4.79 Å². The number of rotatable bonds is 10. The topological polar surface area (TPSA) is 120 Å². The Morgan fingerprint density at radius 1 is 1.00 bits per heavy atom. The number of carbonyl (C=O) groups is 3. The van der Waals surface area contributed by atoms with Gasteiger partial charge in [-0.1, -0.05) is 42.5 Å². The van der Waals surface area contributed by atoms with Crippen LogP contribution in [0.1, 0.15) is 18.1 Å². The van der Waals surface area contributed by atoms with Crippen molar-refractivity contribution in [2.45, 2.75) is 31.9 Å². The number of esters is 1. The van der Waals surface area contributed by atoms with E-state index in [4.69, 9.17) is 15.2 Å². The second-order valence-electron chi connectivity index (χ2n) is 6.72. The van der Waals surface area contributed by atoms with E-state index in [9.17, 15) is 14.4 Å². The molecule has 0 bridgehead atoms. The third-order valence-corrected chi connectivity index (χ3v) is 4.42. The number of hydrogen-bond donors (Lipinski definition) is 3. The molecule has 0 aliphatic heterocycles. The number of amides is 3. The summed E-state index contributed by atoms with van der Waals surface area (Å²) in [7, 11) is 1.60. The number of nitrogens with one attached hydrogen (secondary N) is 2. The monoisotopic (exact) mass is 413 g/mol. The molecule has 160 valence electrons. The smallest absolute Gasteiger partial charge is 0.329 e. The van der Waals surface area contributed by atoms with E-state index in [0.29, 0.717) is 13.0 Å². The standard InChI is InChI=1S/C22H27N3O5/c1-15(20(26)24-13-12-16-8-10-18(29-2)11-9-16)30-21(27)19(25-22(23)28)14-17-6-4-3-5-7-17/h3-11,15,19H,12-14H2,1-2H3,(H,24,26)(H3,23,25,28)/t15-,19-/m0/s1. The van der Waals surface area contributed by atoms with E-state index in [1.165, 1.54) is 6.92 Å². The van der Waals surface area contributed by atoms with E-state index in [0.717, 1.165) is 16.9 Å². The molecule has 8 heteroatoms. The first-order chi connectivity index (χ1) is 14.4. The lowest BCUT2D eigenvalue weighted by molar-refractivity contribution is -0.156. The van der Waals surface area contributed by atoms with Crippen LogP contribution >= 0.6 is 0 Å². The predicted molar refractivity (Wildman–Crippen MR) is 112 cm³/mol. The minimum atomic E-state index is -1.01. The van der Waals surface area contributed by atoms with Gasteiger partial charge in [-0.25, -0.2) is 9.59 Å². The van der Waals surface area contributed by atoms with Crippen LogP contribution in [0.2, 0.25) is 0 Å². The Bertz CT molecular complexity index is 840. The average molecular weight is 413 g/mol. The number of primary amides is 1. The Morgan fingerprint density at radius 3 is 2.27 bits per heavy atom. The molecule has 2 atom stereocenters. The van der Waals surface area contributed by atoms with Crippen molar-refractivity contribution < 1.29 is 23.9 Å². The fourth-order valence-electron chi connectivity index (χ4n) is 2.79. The second-order valence-corrected chi connectivity index (χ2v) is 6.72. The van der Waals surface area contributed by atoms with Crippen LogP contribution < -0.4 is 21.1 Å². The van der Waals surface area contributed by atoms with Crippen molar-refractivity contribution in [3.05, 3.63) is 65.7 Å². The molecule has 0 aliphatic rings. The highest BCUT2D eigenvalue weighted by atomic mass is 16.5. The molecule has 4 N–H and O–H groups in total. The maximum atomic E-state index is 12.5. The summed E-state index contributed by atoms with van der Waals surface area (Å²) in [5.74, 6) is -0.386. The highest BCUT2D eigenvalue weighted by Crippen LogP contribution is 2.11. The van der Waals surface area contributed by atoms with Gasteiger partial charge in [0, 0.05) is 13.0 Å². The molecular weight excluding hydrogens is 386 g/mol. The summed E-state index contributed by atoms with van der Waals surface area (Å²) in [6.07, 6.45) is -0.189. The van der Waals surface area contributed by atoms with Crippen LogP contribution in [0.3, 0.4) is 0 Å². The van der Waals surface area contributed by atoms with E-state index >= 15 is 0 Å². The molecule has 0 unspecified atom stereocenters. The number of benzene rings is 2. The molecule has 0 fully saturated rings. The van der Waals surface area contributed by atoms with Crippen molar-refractivity contribution in [3.63, 3.8) is 0 Å². The molecular formula is C22H27N3O5. The quantitative estimate of drug-likeness (QED) is 0.511. The molecule has 2 aromatic rings. The summed E-state index contributed by atoms with van der Waals surface area (Å²) < 4.78 is 10.4. The van der Waals surface area contributed by atoms with Gasteiger partial charge in [-0.05, 0) is 36.6 Å². The largest absolute Gasteiger partial charge is 0.497 e. The SMILES string of the molecule is COc1ccc(CCNC(=O)[C@H](C)OC(=O)[C@H](Cc2ccccc2)NC(N)=O)cc1. The van der Waals surface area contributed by atoms with Gasteiger partial charge < -0.3 is 25.8 Å². The lowest BCUT2D eigenvalue weighted by Crippen LogP contribution is -2.48. The van der Waals surface area contributed by atoms with Gasteiger partial charge in [-0.15, -0.1) is 0 Å². The summed E-state index contributed by atoms with van der Waals surface area (Å²) >= 11 is 0. The zero-order chi connectivity index (χ0) is 21.9. The Labute approximate surface area is 175 Å². The predicted octanol–water partition coefficient (Wildman–Crippen LogP) is 1.57. The summed E-state index contributed by atoms with van der Waals surface area (Å²) in [6, 6.07) is 14.8. The van der Waals surface area contributed by atoms with Crippen molar-refractivity contribution in [2.75, 3.05) is 13.7 Å². The number of carbonyl (C=O) groups excluding carboxylic acids is 3. The van der Waals surface area contributed by atoms with E-state index in [1.807, 2.05) is 54.6 Å². The Morgan fingerprint density at radius 2 is 1.67 bits per heavy atom. The molecule has 0 saturated heterocycles. The van der Waals surface area contributed by atoms with Crippen molar-refractivity contribution in [2.24, 2.45) is 5.73 Å². The molecule has 2 aromatic carbocycles. The van der Waals surface area contributed by atoms with Crippen LogP contribution in [-0.2, 0) is 27.2 Å². The third kappa shape index (κ3) is 7.46. The van der Waals surface area contributed by atoms with Crippen LogP contribution in [-0.4, -0.2) is 43.7 Å². The number of urea groups is 1. The van der Waals surface area contributed by atoms with Crippen molar-refractivity contribution >= 4 is 17.9 Å². The fourth-order valence-corrected chi connectivity index (χ4v) is 2.79. The van der Waals surface area contributed by atoms with Gasteiger partial charge in [-0.2, -0.15) is 0 Å². The molecule has 0 aliphatic carbocycles. The number of hydrogen-bond acceptors (Lipinski definition) is 5. The first-order valence-corrected chi connectivity index (χ1v) is 9.60. The van der Waals surface area contributed by atoms with Crippen molar-refractivity contribution in [1.82, 2.24) is 10.6 Å². The van der Waals surface area contributed by atoms with Crippen LogP contribution in [0.15, 0.2) is 54.6 Å². The molecule has 0 radical (unpaired) electrons. The van der Waals surface area contributed by atoms with Crippen LogP contribution in [0.5, 0.6) is 5.75 Å². The number of methoxy groups -OCH3 is 1. The fraction of sp³-hybridized carbons (Fsp3) is 0.318. The summed E-state index contributed by atoms with van der Waals surface area (Å²) in [5.41, 5.74) is 7.03. The van der Waals surface area contributed by atoms with Gasteiger partial charge in [0.15, 0.2) is 6.10 Å². The van der Waals surface area contributed by atoms with Crippen molar-refractivity contribution in [1.29, 1.82) is 0 Å². The highest BCUT2D eigenvalue weighted by molar-refractivity contribution is 5.87. The van der Waals surface area contributed by atoms with E-state index in [2.05, 4.69) is 10.6 Å². The molecule has 3 amide bonds. The number of ether oxygens (including phenoxy) is 2. The first-order valence-electron chi connectivity index (χ1n) is 9.60. The Balaban J connectivity index is 1.84. The van der Waals surface area contributed by atoms with E-state index in [1.54, 1.807) is 7.11 Å². The number of nitrogens with two attached hydrogens (primary N) is 1. The van der Waals surface area contributed by atoms with Crippen LogP contribution in [0, 0.1) is 0 Å². The van der Waals surface area contributed by atoms with Crippen molar-refractivity contribution in [3.8, 4) is 5.75 Å². The molecule has 2 rings (SSSR count). The minimum absolute atomic E-state index is 0.203. The van der Waals surface area contributed by atoms with Gasteiger partial charge in [0.1, 0.15) is 11.8 Å². The lowest BCUT2D eigenvalue weighted by Gasteiger charge is -2.19. The summed E-state index contributed by atoms with van der Waals surface area (Å²) in [5, 5.41) is 5.10. The Kier molecular flexibility index (Phi) is 8.68. The zero-order valence-corrected chi connectivity index (χ0v) is 17.1. The van der Waals surface area contributed by atoms with Gasteiger partial charge in [0.05, 0.1) is 7.11 Å². The highest BCUT2D eigenvalue weighted by Gasteiger charge is 2.26.